The Balaban J connectivity index is 1.06. The molecule has 6 unspecified atom stereocenters. The van der Waals surface area contributed by atoms with Crippen molar-refractivity contribution in [3.05, 3.63) is 102 Å². The Hall–Kier alpha value is -5.11. The first kappa shape index (κ1) is 27.4. The molecule has 224 valence electrons. The Morgan fingerprint density at radius 3 is 2.18 bits per heavy atom. The van der Waals surface area contributed by atoms with Crippen LogP contribution in [0.3, 0.4) is 0 Å². The van der Waals surface area contributed by atoms with Crippen LogP contribution in [0.25, 0.3) is 22.2 Å². The number of esters is 1. The molecule has 3 aromatic carbocycles. The number of rotatable bonds is 7. The molecule has 2 bridgehead atoms. The van der Waals surface area contributed by atoms with Gasteiger partial charge in [-0.25, -0.2) is 9.78 Å². The Bertz CT molecular complexity index is 1910. The fourth-order valence-electron chi connectivity index (χ4n) is 7.72. The van der Waals surface area contributed by atoms with Crippen LogP contribution < -0.4 is 9.64 Å². The largest absolute Gasteiger partial charge is 0.497 e. The molecule has 2 heterocycles. The quantitative estimate of drug-likeness (QED) is 0.114. The minimum Gasteiger partial charge on any atom is -0.497 e. The molecule has 0 radical (unpaired) electrons. The second-order valence-electron chi connectivity index (χ2n) is 12.5. The Kier molecular flexibility index (Phi) is 6.24. The van der Waals surface area contributed by atoms with Crippen LogP contribution in [0.5, 0.6) is 5.75 Å². The van der Waals surface area contributed by atoms with Gasteiger partial charge in [-0.3, -0.25) is 19.3 Å². The minimum atomic E-state index is -0.634. The fourth-order valence-corrected chi connectivity index (χ4v) is 7.72. The van der Waals surface area contributed by atoms with Crippen LogP contribution in [-0.4, -0.2) is 42.3 Å². The zero-order chi connectivity index (χ0) is 31.0. The van der Waals surface area contributed by atoms with Gasteiger partial charge in [0.15, 0.2) is 12.4 Å². The van der Waals surface area contributed by atoms with Crippen molar-refractivity contribution in [3.63, 3.8) is 0 Å². The van der Waals surface area contributed by atoms with E-state index in [0.717, 1.165) is 12.0 Å². The summed E-state index contributed by atoms with van der Waals surface area (Å²) in [5, 5.41) is 0.620. The third-order valence-corrected chi connectivity index (χ3v) is 10.0. The van der Waals surface area contributed by atoms with E-state index in [1.165, 1.54) is 4.90 Å². The van der Waals surface area contributed by atoms with Gasteiger partial charge in [-0.2, -0.15) is 0 Å². The lowest BCUT2D eigenvalue weighted by Crippen LogP contribution is -2.40. The van der Waals surface area contributed by atoms with Crippen molar-refractivity contribution >= 4 is 40.2 Å². The number of anilines is 1. The topological polar surface area (TPSA) is 103 Å². The first-order chi connectivity index (χ1) is 21.8. The second-order valence-corrected chi connectivity index (χ2v) is 12.5. The standard InChI is InChI=1S/C37H30N2O6/c1-19-3-14-30-28(15-19)29(37(43)45-18-32(40)21-6-10-23(44-2)11-7-21)17-31(38-30)20-4-8-22(9-5-20)39-35(41)33-24-12-13-25(27-16-26(24)27)34(33)36(39)42/h3-15,17,24-27,33-34H,16,18H2,1-2H3. The molecule has 4 aliphatic carbocycles. The van der Waals surface area contributed by atoms with E-state index in [9.17, 15) is 19.2 Å². The van der Waals surface area contributed by atoms with Crippen LogP contribution in [0.15, 0.2) is 84.9 Å². The first-order valence-electron chi connectivity index (χ1n) is 15.2. The summed E-state index contributed by atoms with van der Waals surface area (Å²) in [6.45, 7) is 1.51. The summed E-state index contributed by atoms with van der Waals surface area (Å²) in [5.74, 6) is 0.369. The molecule has 1 aliphatic heterocycles. The van der Waals surface area contributed by atoms with Gasteiger partial charge in [-0.15, -0.1) is 0 Å². The monoisotopic (exact) mass is 598 g/mol. The molecule has 2 amide bonds. The molecule has 45 heavy (non-hydrogen) atoms. The van der Waals surface area contributed by atoms with E-state index in [-0.39, 0.29) is 41.3 Å². The van der Waals surface area contributed by atoms with Crippen LogP contribution in [0.2, 0.25) is 0 Å². The fraction of sp³-hybridized carbons (Fsp3) is 0.270. The van der Waals surface area contributed by atoms with Gasteiger partial charge < -0.3 is 9.47 Å². The van der Waals surface area contributed by atoms with E-state index < -0.39 is 12.6 Å². The van der Waals surface area contributed by atoms with Crippen LogP contribution in [0.1, 0.15) is 32.7 Å². The number of nitrogens with zero attached hydrogens (tertiary/aromatic N) is 2. The van der Waals surface area contributed by atoms with Gasteiger partial charge in [0, 0.05) is 16.5 Å². The molecule has 6 atom stereocenters. The van der Waals surface area contributed by atoms with Crippen molar-refractivity contribution in [3.8, 4) is 17.0 Å². The second kappa shape index (κ2) is 10.2. The molecule has 2 saturated carbocycles. The number of benzene rings is 3. The summed E-state index contributed by atoms with van der Waals surface area (Å²) in [6.07, 6.45) is 5.46. The van der Waals surface area contributed by atoms with Gasteiger partial charge >= 0.3 is 5.97 Å². The highest BCUT2D eigenvalue weighted by molar-refractivity contribution is 6.22. The maximum absolute atomic E-state index is 13.6. The third-order valence-electron chi connectivity index (χ3n) is 10.0. The third kappa shape index (κ3) is 4.38. The number of aromatic nitrogens is 1. The average Bonchev–Trinajstić information content (AvgIpc) is 3.85. The number of ether oxygens (including phenoxy) is 2. The first-order valence-corrected chi connectivity index (χ1v) is 15.2. The Morgan fingerprint density at radius 2 is 1.53 bits per heavy atom. The molecule has 3 fully saturated rings. The van der Waals surface area contributed by atoms with E-state index in [0.29, 0.717) is 56.6 Å². The van der Waals surface area contributed by atoms with Crippen LogP contribution >= 0.6 is 0 Å². The molecule has 1 saturated heterocycles. The van der Waals surface area contributed by atoms with E-state index in [1.54, 1.807) is 49.6 Å². The van der Waals surface area contributed by atoms with Gasteiger partial charge in [-0.05, 0) is 91.6 Å². The maximum atomic E-state index is 13.6. The minimum absolute atomic E-state index is 0.101. The number of ketones is 1. The van der Waals surface area contributed by atoms with E-state index in [4.69, 9.17) is 14.5 Å². The summed E-state index contributed by atoms with van der Waals surface area (Å²) < 4.78 is 10.6. The summed E-state index contributed by atoms with van der Waals surface area (Å²) in [5.41, 5.74) is 4.04. The van der Waals surface area contributed by atoms with Crippen molar-refractivity contribution in [2.24, 2.45) is 35.5 Å². The van der Waals surface area contributed by atoms with Crippen molar-refractivity contribution in [2.75, 3.05) is 18.6 Å². The van der Waals surface area contributed by atoms with Crippen molar-refractivity contribution in [1.82, 2.24) is 4.98 Å². The number of amides is 2. The van der Waals surface area contributed by atoms with Gasteiger partial charge in [0.1, 0.15) is 5.75 Å². The zero-order valence-electron chi connectivity index (χ0n) is 24.8. The van der Waals surface area contributed by atoms with Crippen molar-refractivity contribution < 1.29 is 28.7 Å². The number of methoxy groups -OCH3 is 1. The van der Waals surface area contributed by atoms with Gasteiger partial charge in [0.2, 0.25) is 11.8 Å². The molecule has 0 N–H and O–H groups in total. The van der Waals surface area contributed by atoms with E-state index in [2.05, 4.69) is 12.2 Å². The van der Waals surface area contributed by atoms with Gasteiger partial charge in [0.25, 0.3) is 0 Å². The highest BCUT2D eigenvalue weighted by Crippen LogP contribution is 2.65. The molecule has 1 aromatic heterocycles. The van der Waals surface area contributed by atoms with Crippen LogP contribution in [-0.2, 0) is 14.3 Å². The molecular formula is C37H30N2O6. The number of carbonyl (C=O) groups is 4. The van der Waals surface area contributed by atoms with E-state index in [1.807, 2.05) is 37.3 Å². The lowest BCUT2D eigenvalue weighted by Gasteiger charge is -2.37. The number of fused-ring (bicyclic) bond motifs is 1. The lowest BCUT2D eigenvalue weighted by atomic mass is 9.63. The molecular weight excluding hydrogens is 568 g/mol. The number of carbonyl (C=O) groups excluding carboxylic acids is 4. The molecule has 4 aromatic rings. The Labute approximate surface area is 259 Å². The van der Waals surface area contributed by atoms with E-state index >= 15 is 0 Å². The number of hydrogen-bond donors (Lipinski definition) is 0. The number of hydrogen-bond acceptors (Lipinski definition) is 7. The lowest BCUT2D eigenvalue weighted by molar-refractivity contribution is -0.124. The number of imide groups is 1. The van der Waals surface area contributed by atoms with Gasteiger partial charge in [-0.1, -0.05) is 35.9 Å². The number of allylic oxidation sites excluding steroid dienone is 2. The normalized spacial score (nSPS) is 25.7. The highest BCUT2D eigenvalue weighted by Gasteiger charge is 2.67. The SMILES string of the molecule is COc1ccc(C(=O)COC(=O)c2cc(-c3ccc(N4C(=O)C5C6C=CC(C7CC67)C5C4=O)cc3)nc3ccc(C)cc23)cc1. The molecule has 8 nitrogen and oxygen atoms in total. The maximum Gasteiger partial charge on any atom is 0.339 e. The van der Waals surface area contributed by atoms with Gasteiger partial charge in [0.05, 0.1) is 41.4 Å². The summed E-state index contributed by atoms with van der Waals surface area (Å²) in [6, 6.07) is 21.1. The predicted molar refractivity (Wildman–Crippen MR) is 167 cm³/mol. The molecule has 8 heteroatoms. The smallest absolute Gasteiger partial charge is 0.339 e. The van der Waals surface area contributed by atoms with Crippen LogP contribution in [0.4, 0.5) is 5.69 Å². The number of pyridine rings is 1. The molecule has 0 spiro atoms. The molecule has 5 aliphatic rings. The van der Waals surface area contributed by atoms with Crippen LogP contribution in [0, 0.1) is 42.4 Å². The average molecular weight is 599 g/mol. The summed E-state index contributed by atoms with van der Waals surface area (Å²) in [7, 11) is 1.55. The van der Waals surface area contributed by atoms with Crippen molar-refractivity contribution in [2.45, 2.75) is 13.3 Å². The predicted octanol–water partition coefficient (Wildman–Crippen LogP) is 5.82. The van der Waals surface area contributed by atoms with Crippen molar-refractivity contribution in [1.29, 1.82) is 0 Å². The molecule has 9 rings (SSSR count). The number of Topliss-reactive ketones (excluding diaryl/α,β-unsaturated/α-hetero) is 1. The zero-order valence-corrected chi connectivity index (χ0v) is 24.8. The highest BCUT2D eigenvalue weighted by atomic mass is 16.5. The number of aryl methyl sites for hydroxylation is 1. The summed E-state index contributed by atoms with van der Waals surface area (Å²) in [4.78, 5) is 59.4. The summed E-state index contributed by atoms with van der Waals surface area (Å²) >= 11 is 0. The Morgan fingerprint density at radius 1 is 0.867 bits per heavy atom.